The fraction of sp³-hybridized carbons (Fsp3) is 0.429. The third kappa shape index (κ3) is 4.52. The zero-order chi connectivity index (χ0) is 14.5. The fourth-order valence-electron chi connectivity index (χ4n) is 1.37. The molecule has 0 radical (unpaired) electrons. The monoisotopic (exact) mass is 280 g/mol. The highest BCUT2D eigenvalue weighted by atomic mass is 32.1. The Morgan fingerprint density at radius 3 is 2.74 bits per heavy atom. The summed E-state index contributed by atoms with van der Waals surface area (Å²) >= 11 is 4.86. The molecule has 19 heavy (non-hydrogen) atoms. The Hall–Kier alpha value is -1.62. The molecular weight excluding hydrogens is 260 g/mol. The Labute approximate surface area is 119 Å². The van der Waals surface area contributed by atoms with Crippen LogP contribution >= 0.6 is 12.2 Å². The number of carbonyl (C=O) groups excluding carboxylic acids is 1. The van der Waals surface area contributed by atoms with E-state index in [2.05, 4.69) is 5.32 Å². The van der Waals surface area contributed by atoms with Crippen molar-refractivity contribution >= 4 is 23.1 Å². The number of hydrogen-bond donors (Lipinski definition) is 2. The second kappa shape index (κ2) is 6.52. The van der Waals surface area contributed by atoms with Gasteiger partial charge < -0.3 is 15.8 Å². The molecule has 1 rings (SSSR count). The van der Waals surface area contributed by atoms with E-state index in [4.69, 9.17) is 22.7 Å². The first-order valence-corrected chi connectivity index (χ1v) is 6.52. The van der Waals surface area contributed by atoms with Crippen LogP contribution in [-0.2, 0) is 4.79 Å². The summed E-state index contributed by atoms with van der Waals surface area (Å²) in [4.78, 5) is 12.0. The molecule has 0 aliphatic carbocycles. The first-order chi connectivity index (χ1) is 8.84. The van der Waals surface area contributed by atoms with E-state index in [1.165, 1.54) is 0 Å². The summed E-state index contributed by atoms with van der Waals surface area (Å²) in [6.07, 6.45) is 0. The average molecular weight is 280 g/mol. The number of ether oxygens (including phenoxy) is 1. The Bertz CT molecular complexity index is 472. The number of nitrogens with one attached hydrogen (secondary N) is 1. The van der Waals surface area contributed by atoms with Gasteiger partial charge in [0, 0.05) is 0 Å². The Morgan fingerprint density at radius 2 is 2.16 bits per heavy atom. The predicted molar refractivity (Wildman–Crippen MR) is 80.3 cm³/mol. The standard InChI is InChI=1S/C14H20N2O2S/c1-10-5-4-6-11(9-10)18-8-7-16-13(17)14(2,3)12(15)19/h4-6,9H,7-8H2,1-3H3,(H2,15,19)(H,16,17). The molecule has 0 unspecified atom stereocenters. The van der Waals surface area contributed by atoms with Crippen LogP contribution in [0.25, 0.3) is 0 Å². The SMILES string of the molecule is Cc1cccc(OCCNC(=O)C(C)(C)C(N)=S)c1. The maximum absolute atomic E-state index is 11.8. The number of amides is 1. The smallest absolute Gasteiger partial charge is 0.232 e. The van der Waals surface area contributed by atoms with E-state index in [0.717, 1.165) is 11.3 Å². The summed E-state index contributed by atoms with van der Waals surface area (Å²) in [6, 6.07) is 7.76. The molecule has 0 saturated heterocycles. The number of carbonyl (C=O) groups is 1. The van der Waals surface area contributed by atoms with E-state index in [0.29, 0.717) is 13.2 Å². The van der Waals surface area contributed by atoms with Gasteiger partial charge in [-0.05, 0) is 38.5 Å². The van der Waals surface area contributed by atoms with Gasteiger partial charge in [0.05, 0.1) is 16.9 Å². The van der Waals surface area contributed by atoms with Gasteiger partial charge in [0.2, 0.25) is 5.91 Å². The molecule has 0 bridgehead atoms. The lowest BCUT2D eigenvalue weighted by Crippen LogP contribution is -2.45. The Morgan fingerprint density at radius 1 is 1.47 bits per heavy atom. The summed E-state index contributed by atoms with van der Waals surface area (Å²) in [6.45, 7) is 6.22. The largest absolute Gasteiger partial charge is 0.492 e. The number of rotatable bonds is 6. The number of nitrogens with two attached hydrogens (primary N) is 1. The van der Waals surface area contributed by atoms with Crippen LogP contribution < -0.4 is 15.8 Å². The second-order valence-corrected chi connectivity index (χ2v) is 5.35. The van der Waals surface area contributed by atoms with Crippen LogP contribution in [0, 0.1) is 12.3 Å². The molecule has 4 nitrogen and oxygen atoms in total. The molecule has 0 aromatic heterocycles. The van der Waals surface area contributed by atoms with Crippen molar-refractivity contribution in [1.29, 1.82) is 0 Å². The van der Waals surface area contributed by atoms with Crippen LogP contribution in [0.4, 0.5) is 0 Å². The summed E-state index contributed by atoms with van der Waals surface area (Å²) in [5.74, 6) is 0.607. The topological polar surface area (TPSA) is 64.3 Å². The molecule has 1 aromatic carbocycles. The van der Waals surface area contributed by atoms with Crippen molar-refractivity contribution in [3.63, 3.8) is 0 Å². The highest BCUT2D eigenvalue weighted by molar-refractivity contribution is 7.80. The van der Waals surface area contributed by atoms with Crippen molar-refractivity contribution in [3.05, 3.63) is 29.8 Å². The van der Waals surface area contributed by atoms with Crippen LogP contribution in [0.1, 0.15) is 19.4 Å². The minimum absolute atomic E-state index is 0.185. The summed E-state index contributed by atoms with van der Waals surface area (Å²) in [5, 5.41) is 2.76. The van der Waals surface area contributed by atoms with Gasteiger partial charge >= 0.3 is 0 Å². The Balaban J connectivity index is 2.36. The maximum atomic E-state index is 11.8. The molecule has 5 heteroatoms. The van der Waals surface area contributed by atoms with Gasteiger partial charge in [-0.3, -0.25) is 4.79 Å². The quantitative estimate of drug-likeness (QED) is 0.616. The summed E-state index contributed by atoms with van der Waals surface area (Å²) in [7, 11) is 0. The van der Waals surface area contributed by atoms with Crippen molar-refractivity contribution in [2.75, 3.05) is 13.2 Å². The van der Waals surface area contributed by atoms with Gasteiger partial charge in [-0.25, -0.2) is 0 Å². The Kier molecular flexibility index (Phi) is 5.30. The van der Waals surface area contributed by atoms with Gasteiger partial charge in [0.1, 0.15) is 12.4 Å². The third-order valence-electron chi connectivity index (χ3n) is 2.83. The lowest BCUT2D eigenvalue weighted by Gasteiger charge is -2.21. The van der Waals surface area contributed by atoms with Gasteiger partial charge in [0.15, 0.2) is 0 Å². The first kappa shape index (κ1) is 15.4. The molecule has 0 heterocycles. The van der Waals surface area contributed by atoms with E-state index in [-0.39, 0.29) is 10.9 Å². The van der Waals surface area contributed by atoms with Crippen LogP contribution in [0.3, 0.4) is 0 Å². The van der Waals surface area contributed by atoms with E-state index in [9.17, 15) is 4.79 Å². The van der Waals surface area contributed by atoms with Crippen molar-refractivity contribution in [2.24, 2.45) is 11.1 Å². The number of benzene rings is 1. The molecule has 1 amide bonds. The van der Waals surface area contributed by atoms with E-state index < -0.39 is 5.41 Å². The first-order valence-electron chi connectivity index (χ1n) is 6.11. The third-order valence-corrected chi connectivity index (χ3v) is 3.34. The van der Waals surface area contributed by atoms with Crippen molar-refractivity contribution in [1.82, 2.24) is 5.32 Å². The minimum atomic E-state index is -0.835. The number of aryl methyl sites for hydroxylation is 1. The van der Waals surface area contributed by atoms with Crippen LogP contribution in [0.5, 0.6) is 5.75 Å². The number of thiocarbonyl (C=S) groups is 1. The molecule has 0 atom stereocenters. The van der Waals surface area contributed by atoms with E-state index in [1.54, 1.807) is 13.8 Å². The minimum Gasteiger partial charge on any atom is -0.492 e. The molecule has 1 aromatic rings. The molecule has 3 N–H and O–H groups in total. The average Bonchev–Trinajstić information content (AvgIpc) is 2.34. The lowest BCUT2D eigenvalue weighted by molar-refractivity contribution is -0.126. The highest BCUT2D eigenvalue weighted by Gasteiger charge is 2.30. The lowest BCUT2D eigenvalue weighted by atomic mass is 9.92. The van der Waals surface area contributed by atoms with E-state index in [1.807, 2.05) is 31.2 Å². The van der Waals surface area contributed by atoms with Crippen molar-refractivity contribution < 1.29 is 9.53 Å². The van der Waals surface area contributed by atoms with Crippen molar-refractivity contribution in [2.45, 2.75) is 20.8 Å². The zero-order valence-corrected chi connectivity index (χ0v) is 12.3. The molecule has 104 valence electrons. The molecule has 0 aliphatic heterocycles. The van der Waals surface area contributed by atoms with Crippen LogP contribution in [0.15, 0.2) is 24.3 Å². The summed E-state index contributed by atoms with van der Waals surface area (Å²) in [5.41, 5.74) is 5.82. The highest BCUT2D eigenvalue weighted by Crippen LogP contribution is 2.15. The van der Waals surface area contributed by atoms with Crippen LogP contribution in [-0.4, -0.2) is 24.0 Å². The fourth-order valence-corrected chi connectivity index (χ4v) is 1.46. The van der Waals surface area contributed by atoms with E-state index >= 15 is 0 Å². The molecular formula is C14H20N2O2S. The predicted octanol–water partition coefficient (Wildman–Crippen LogP) is 1.80. The molecule has 0 fully saturated rings. The van der Waals surface area contributed by atoms with Gasteiger partial charge in [0.25, 0.3) is 0 Å². The molecule has 0 saturated carbocycles. The van der Waals surface area contributed by atoms with Crippen LogP contribution in [0.2, 0.25) is 0 Å². The molecule has 0 aliphatic rings. The van der Waals surface area contributed by atoms with Crippen molar-refractivity contribution in [3.8, 4) is 5.75 Å². The van der Waals surface area contributed by atoms with Gasteiger partial charge in [-0.1, -0.05) is 24.4 Å². The maximum Gasteiger partial charge on any atom is 0.232 e. The zero-order valence-electron chi connectivity index (χ0n) is 11.5. The van der Waals surface area contributed by atoms with Gasteiger partial charge in [-0.15, -0.1) is 0 Å². The second-order valence-electron chi connectivity index (χ2n) is 4.91. The normalized spacial score (nSPS) is 10.9. The number of hydrogen-bond acceptors (Lipinski definition) is 3. The summed E-state index contributed by atoms with van der Waals surface area (Å²) < 4.78 is 5.53. The molecule has 0 spiro atoms. The van der Waals surface area contributed by atoms with Gasteiger partial charge in [-0.2, -0.15) is 0 Å².